The van der Waals surface area contributed by atoms with E-state index in [4.69, 9.17) is 5.73 Å². The molecule has 1 saturated heterocycles. The molecule has 9 heteroatoms. The van der Waals surface area contributed by atoms with Crippen LogP contribution in [0.1, 0.15) is 16.8 Å². The van der Waals surface area contributed by atoms with Gasteiger partial charge in [0.15, 0.2) is 0 Å². The van der Waals surface area contributed by atoms with E-state index in [1.807, 2.05) is 4.90 Å². The van der Waals surface area contributed by atoms with Crippen LogP contribution in [0, 0.1) is 5.82 Å². The Bertz CT molecular complexity index is 888. The van der Waals surface area contributed by atoms with E-state index in [0.717, 1.165) is 12.6 Å². The lowest BCUT2D eigenvalue weighted by Crippen LogP contribution is -2.36. The molecular weight excluding hydrogens is 351 g/mol. The Morgan fingerprint density at radius 2 is 2.19 bits per heavy atom. The monoisotopic (exact) mass is 370 g/mol. The van der Waals surface area contributed by atoms with Crippen molar-refractivity contribution >= 4 is 29.1 Å². The number of anilines is 3. The number of pyridine rings is 2. The van der Waals surface area contributed by atoms with E-state index >= 15 is 0 Å². The Morgan fingerprint density at radius 3 is 2.89 bits per heavy atom. The quantitative estimate of drug-likeness (QED) is 0.662. The number of aromatic nitrogens is 2. The zero-order valence-electron chi connectivity index (χ0n) is 14.5. The number of nitrogens with one attached hydrogen (secondary N) is 2. The van der Waals surface area contributed by atoms with Crippen molar-refractivity contribution in [3.8, 4) is 0 Å². The predicted molar refractivity (Wildman–Crippen MR) is 99.2 cm³/mol. The molecule has 0 saturated carbocycles. The van der Waals surface area contributed by atoms with E-state index in [1.165, 1.54) is 18.3 Å². The van der Waals surface area contributed by atoms with Gasteiger partial charge in [-0.2, -0.15) is 0 Å². The number of hydrogen-bond donors (Lipinski definition) is 3. The van der Waals surface area contributed by atoms with Gasteiger partial charge in [0, 0.05) is 25.2 Å². The van der Waals surface area contributed by atoms with Crippen LogP contribution in [-0.2, 0) is 4.79 Å². The second kappa shape index (κ2) is 7.81. The first-order valence-electron chi connectivity index (χ1n) is 8.32. The maximum Gasteiger partial charge on any atom is 0.252 e. The average molecular weight is 370 g/mol. The highest BCUT2D eigenvalue weighted by atomic mass is 19.1. The van der Waals surface area contributed by atoms with Crippen LogP contribution in [0.5, 0.6) is 0 Å². The van der Waals surface area contributed by atoms with Gasteiger partial charge in [0.1, 0.15) is 17.5 Å². The van der Waals surface area contributed by atoms with Crippen molar-refractivity contribution in [2.45, 2.75) is 12.5 Å². The molecule has 8 nitrogen and oxygen atoms in total. The molecule has 0 radical (unpaired) electrons. The Balaban J connectivity index is 1.82. The topological polar surface area (TPSA) is 113 Å². The minimum Gasteiger partial charge on any atom is -0.365 e. The minimum atomic E-state index is -0.654. The lowest BCUT2D eigenvalue weighted by Gasteiger charge is -2.19. The van der Waals surface area contributed by atoms with Gasteiger partial charge in [0.05, 0.1) is 23.6 Å². The number of carbonyl (C=O) groups is 2. The maximum atomic E-state index is 13.4. The van der Waals surface area contributed by atoms with Crippen LogP contribution in [0.15, 0.2) is 43.2 Å². The van der Waals surface area contributed by atoms with E-state index in [1.54, 1.807) is 12.1 Å². The Hall–Kier alpha value is -3.49. The Morgan fingerprint density at radius 1 is 1.37 bits per heavy atom. The van der Waals surface area contributed by atoms with Crippen LogP contribution in [-0.4, -0.2) is 40.9 Å². The van der Waals surface area contributed by atoms with Crippen LogP contribution in [0.3, 0.4) is 0 Å². The van der Waals surface area contributed by atoms with Crippen LogP contribution >= 0.6 is 0 Å². The summed E-state index contributed by atoms with van der Waals surface area (Å²) < 4.78 is 13.4. The summed E-state index contributed by atoms with van der Waals surface area (Å²) in [5.74, 6) is -0.566. The number of nitrogens with zero attached hydrogens (tertiary/aromatic N) is 3. The zero-order valence-corrected chi connectivity index (χ0v) is 14.5. The van der Waals surface area contributed by atoms with E-state index in [-0.39, 0.29) is 23.3 Å². The molecule has 0 aromatic carbocycles. The summed E-state index contributed by atoms with van der Waals surface area (Å²) in [4.78, 5) is 33.4. The fourth-order valence-electron chi connectivity index (χ4n) is 2.88. The van der Waals surface area contributed by atoms with Gasteiger partial charge in [0.2, 0.25) is 5.91 Å². The van der Waals surface area contributed by atoms with Gasteiger partial charge in [-0.25, -0.2) is 9.37 Å². The largest absolute Gasteiger partial charge is 0.365 e. The SMILES string of the molecule is C=CC(=O)N[C@H]1CCN(c2ccc(C(N)=O)c(Nc3cncc(F)c3)n2)C1. The van der Waals surface area contributed by atoms with Gasteiger partial charge in [-0.05, 0) is 24.6 Å². The molecule has 0 spiro atoms. The molecule has 3 heterocycles. The summed E-state index contributed by atoms with van der Waals surface area (Å²) >= 11 is 0. The van der Waals surface area contributed by atoms with Gasteiger partial charge in [-0.3, -0.25) is 14.6 Å². The van der Waals surface area contributed by atoms with Crippen molar-refractivity contribution in [2.24, 2.45) is 5.73 Å². The fourth-order valence-corrected chi connectivity index (χ4v) is 2.88. The molecule has 0 bridgehead atoms. The van der Waals surface area contributed by atoms with Crippen molar-refractivity contribution in [2.75, 3.05) is 23.3 Å². The number of halogens is 1. The van der Waals surface area contributed by atoms with Crippen LogP contribution in [0.2, 0.25) is 0 Å². The first-order valence-corrected chi connectivity index (χ1v) is 8.32. The smallest absolute Gasteiger partial charge is 0.252 e. The Labute approximate surface area is 155 Å². The summed E-state index contributed by atoms with van der Waals surface area (Å²) in [6, 6.07) is 4.47. The first-order chi connectivity index (χ1) is 13.0. The highest BCUT2D eigenvalue weighted by Crippen LogP contribution is 2.25. The van der Waals surface area contributed by atoms with Crippen molar-refractivity contribution in [3.05, 3.63) is 54.6 Å². The number of primary amides is 1. The van der Waals surface area contributed by atoms with Crippen LogP contribution in [0.4, 0.5) is 21.7 Å². The number of carbonyl (C=O) groups excluding carboxylic acids is 2. The molecule has 2 aromatic rings. The highest BCUT2D eigenvalue weighted by Gasteiger charge is 2.25. The van der Waals surface area contributed by atoms with Gasteiger partial charge >= 0.3 is 0 Å². The molecular formula is C18H19FN6O2. The van der Waals surface area contributed by atoms with Crippen molar-refractivity contribution < 1.29 is 14.0 Å². The molecule has 1 atom stereocenters. The molecule has 4 N–H and O–H groups in total. The average Bonchev–Trinajstić information content (AvgIpc) is 3.09. The molecule has 2 amide bonds. The van der Waals surface area contributed by atoms with Gasteiger partial charge < -0.3 is 21.3 Å². The van der Waals surface area contributed by atoms with Crippen LogP contribution < -0.4 is 21.3 Å². The predicted octanol–water partition coefficient (Wildman–Crippen LogP) is 1.34. The standard InChI is InChI=1S/C18H19FN6O2/c1-2-16(26)22-12-5-6-25(10-12)15-4-3-14(17(20)27)18(24-15)23-13-7-11(19)8-21-9-13/h2-4,7-9,12H,1,5-6,10H2,(H2,20,27)(H,22,26)(H,23,24)/t12-/m0/s1. The van der Waals surface area contributed by atoms with Crippen molar-refractivity contribution in [1.82, 2.24) is 15.3 Å². The lowest BCUT2D eigenvalue weighted by molar-refractivity contribution is -0.117. The second-order valence-electron chi connectivity index (χ2n) is 6.09. The number of nitrogens with two attached hydrogens (primary N) is 1. The number of rotatable bonds is 6. The normalized spacial score (nSPS) is 16.0. The summed E-state index contributed by atoms with van der Waals surface area (Å²) in [6.45, 7) is 4.70. The number of amides is 2. The molecule has 0 unspecified atom stereocenters. The summed E-state index contributed by atoms with van der Waals surface area (Å²) in [6.07, 6.45) is 4.48. The molecule has 1 aliphatic rings. The molecule has 1 aliphatic heterocycles. The zero-order chi connectivity index (χ0) is 19.4. The third-order valence-electron chi connectivity index (χ3n) is 4.16. The minimum absolute atomic E-state index is 0.0167. The van der Waals surface area contributed by atoms with E-state index < -0.39 is 11.7 Å². The summed E-state index contributed by atoms with van der Waals surface area (Å²) in [5, 5.41) is 5.74. The maximum absolute atomic E-state index is 13.4. The third-order valence-corrected chi connectivity index (χ3v) is 4.16. The molecule has 1 fully saturated rings. The van der Waals surface area contributed by atoms with Gasteiger partial charge in [0.25, 0.3) is 5.91 Å². The molecule has 140 valence electrons. The molecule has 2 aromatic heterocycles. The second-order valence-corrected chi connectivity index (χ2v) is 6.09. The summed E-state index contributed by atoms with van der Waals surface area (Å²) in [7, 11) is 0. The number of hydrogen-bond acceptors (Lipinski definition) is 6. The van der Waals surface area contributed by atoms with E-state index in [9.17, 15) is 14.0 Å². The van der Waals surface area contributed by atoms with Crippen molar-refractivity contribution in [1.29, 1.82) is 0 Å². The third kappa shape index (κ3) is 4.38. The van der Waals surface area contributed by atoms with Crippen LogP contribution in [0.25, 0.3) is 0 Å². The van der Waals surface area contributed by atoms with E-state index in [0.29, 0.717) is 24.6 Å². The Kier molecular flexibility index (Phi) is 5.30. The molecule has 27 heavy (non-hydrogen) atoms. The van der Waals surface area contributed by atoms with Gasteiger partial charge in [-0.15, -0.1) is 0 Å². The van der Waals surface area contributed by atoms with Crippen molar-refractivity contribution in [3.63, 3.8) is 0 Å². The fraction of sp³-hybridized carbons (Fsp3) is 0.222. The van der Waals surface area contributed by atoms with E-state index in [2.05, 4.69) is 27.2 Å². The summed E-state index contributed by atoms with van der Waals surface area (Å²) in [5.41, 5.74) is 5.94. The molecule has 0 aliphatic carbocycles. The lowest BCUT2D eigenvalue weighted by atomic mass is 10.2. The van der Waals surface area contributed by atoms with Gasteiger partial charge in [-0.1, -0.05) is 6.58 Å². The highest BCUT2D eigenvalue weighted by molar-refractivity contribution is 5.98. The molecule has 3 rings (SSSR count). The first kappa shape index (κ1) is 18.3.